The lowest BCUT2D eigenvalue weighted by atomic mass is 9.99. The first-order valence-corrected chi connectivity index (χ1v) is 6.64. The van der Waals surface area contributed by atoms with Gasteiger partial charge < -0.3 is 10.1 Å². The molecule has 108 valence electrons. The summed E-state index contributed by atoms with van der Waals surface area (Å²) < 4.78 is 1.26. The van der Waals surface area contributed by atoms with E-state index in [-0.39, 0.29) is 18.1 Å². The molecule has 0 aliphatic heterocycles. The van der Waals surface area contributed by atoms with Gasteiger partial charge in [-0.3, -0.25) is 9.78 Å². The zero-order valence-corrected chi connectivity index (χ0v) is 11.7. The maximum atomic E-state index is 12.5. The molecule has 7 heteroatoms. The average Bonchev–Trinajstić information content (AvgIpc) is 2.95. The molecule has 0 fully saturated rings. The van der Waals surface area contributed by atoms with Gasteiger partial charge in [-0.1, -0.05) is 13.8 Å². The molecule has 2 N–H and O–H groups in total. The highest BCUT2D eigenvalue weighted by Gasteiger charge is 2.17. The topological polar surface area (TPSA) is 96.2 Å². The molecule has 0 bridgehead atoms. The summed E-state index contributed by atoms with van der Waals surface area (Å²) in [5, 5.41) is 13.0. The van der Waals surface area contributed by atoms with Gasteiger partial charge in [0.1, 0.15) is 6.33 Å². The van der Waals surface area contributed by atoms with E-state index in [1.54, 1.807) is 12.3 Å². The lowest BCUT2D eigenvalue weighted by molar-refractivity contribution is 0.277. The van der Waals surface area contributed by atoms with Crippen LogP contribution in [0.15, 0.2) is 29.5 Å². The Hall–Kier alpha value is -2.54. The Morgan fingerprint density at radius 1 is 1.33 bits per heavy atom. The average molecular weight is 285 g/mol. The van der Waals surface area contributed by atoms with E-state index in [0.717, 1.165) is 5.56 Å². The van der Waals surface area contributed by atoms with Crippen LogP contribution in [0.4, 0.5) is 0 Å². The number of fused-ring (bicyclic) bond motifs is 1. The SMILES string of the molecule is CC(C)c1c(-c2ccc(CO)nc2)[nH]c2ncnn2c1=O. The number of aromatic nitrogens is 5. The van der Waals surface area contributed by atoms with Crippen LogP contribution >= 0.6 is 0 Å². The summed E-state index contributed by atoms with van der Waals surface area (Å²) in [5.41, 5.74) is 2.49. The lowest BCUT2D eigenvalue weighted by Gasteiger charge is -2.12. The number of nitrogens with zero attached hydrogens (tertiary/aromatic N) is 4. The van der Waals surface area contributed by atoms with Gasteiger partial charge in [-0.05, 0) is 18.1 Å². The summed E-state index contributed by atoms with van der Waals surface area (Å²) in [4.78, 5) is 23.9. The molecule has 0 aliphatic rings. The van der Waals surface area contributed by atoms with Crippen molar-refractivity contribution in [1.82, 2.24) is 24.6 Å². The lowest BCUT2D eigenvalue weighted by Crippen LogP contribution is -2.22. The molecule has 7 nitrogen and oxygen atoms in total. The number of rotatable bonds is 3. The van der Waals surface area contributed by atoms with E-state index >= 15 is 0 Å². The second kappa shape index (κ2) is 5.10. The molecule has 0 saturated heterocycles. The molecule has 0 spiro atoms. The molecule has 0 amide bonds. The van der Waals surface area contributed by atoms with Crippen molar-refractivity contribution in [1.29, 1.82) is 0 Å². The van der Waals surface area contributed by atoms with E-state index in [0.29, 0.717) is 22.7 Å². The van der Waals surface area contributed by atoms with Gasteiger partial charge in [-0.2, -0.15) is 14.6 Å². The summed E-state index contributed by atoms with van der Waals surface area (Å²) in [6.45, 7) is 3.79. The second-order valence-electron chi connectivity index (χ2n) is 5.07. The minimum atomic E-state index is -0.183. The number of pyridine rings is 1. The molecule has 0 atom stereocenters. The number of nitrogens with one attached hydrogen (secondary N) is 1. The number of hydrogen-bond acceptors (Lipinski definition) is 5. The van der Waals surface area contributed by atoms with Crippen molar-refractivity contribution in [3.8, 4) is 11.3 Å². The van der Waals surface area contributed by atoms with Gasteiger partial charge >= 0.3 is 0 Å². The maximum absolute atomic E-state index is 12.5. The highest BCUT2D eigenvalue weighted by atomic mass is 16.3. The highest BCUT2D eigenvalue weighted by molar-refractivity contribution is 5.64. The Kier molecular flexibility index (Phi) is 3.26. The van der Waals surface area contributed by atoms with Crippen LogP contribution in [0.25, 0.3) is 17.0 Å². The summed E-state index contributed by atoms with van der Waals surface area (Å²) in [5.74, 6) is 0.417. The Balaban J connectivity index is 2.28. The minimum Gasteiger partial charge on any atom is -0.390 e. The minimum absolute atomic E-state index is 0.0230. The number of aliphatic hydroxyl groups is 1. The van der Waals surface area contributed by atoms with Gasteiger partial charge in [0.05, 0.1) is 18.0 Å². The number of aliphatic hydroxyl groups excluding tert-OH is 1. The standard InChI is InChI=1S/C14H15N5O2/c1-8(2)11-12(9-3-4-10(6-20)15-5-9)18-14-16-7-17-19(14)13(11)21/h3-5,7-8,20H,6H2,1-2H3,(H,16,17,18). The van der Waals surface area contributed by atoms with Crippen LogP contribution in [0.3, 0.4) is 0 Å². The third kappa shape index (κ3) is 2.21. The van der Waals surface area contributed by atoms with E-state index in [4.69, 9.17) is 5.11 Å². The Morgan fingerprint density at radius 2 is 2.14 bits per heavy atom. The Bertz CT molecular complexity index is 833. The van der Waals surface area contributed by atoms with Gasteiger partial charge in [-0.15, -0.1) is 0 Å². The van der Waals surface area contributed by atoms with Gasteiger partial charge in [0, 0.05) is 17.3 Å². The fourth-order valence-electron chi connectivity index (χ4n) is 2.30. The first-order chi connectivity index (χ1) is 10.1. The summed E-state index contributed by atoms with van der Waals surface area (Å²) in [6, 6.07) is 3.55. The molecule has 0 aliphatic carbocycles. The summed E-state index contributed by atoms with van der Waals surface area (Å²) in [7, 11) is 0. The molecule has 3 rings (SSSR count). The number of hydrogen-bond donors (Lipinski definition) is 2. The predicted molar refractivity (Wildman–Crippen MR) is 76.9 cm³/mol. The first kappa shape index (κ1) is 13.4. The molecular weight excluding hydrogens is 270 g/mol. The third-order valence-corrected chi connectivity index (χ3v) is 3.33. The van der Waals surface area contributed by atoms with Gasteiger partial charge in [-0.25, -0.2) is 0 Å². The molecule has 3 aromatic rings. The van der Waals surface area contributed by atoms with Crippen LogP contribution in [0.5, 0.6) is 0 Å². The Morgan fingerprint density at radius 3 is 2.76 bits per heavy atom. The molecule has 0 radical (unpaired) electrons. The van der Waals surface area contributed by atoms with Crippen LogP contribution in [-0.4, -0.2) is 29.7 Å². The fraction of sp³-hybridized carbons (Fsp3) is 0.286. The largest absolute Gasteiger partial charge is 0.390 e. The number of H-pyrrole nitrogens is 1. The van der Waals surface area contributed by atoms with Gasteiger partial charge in [0.2, 0.25) is 5.78 Å². The fourth-order valence-corrected chi connectivity index (χ4v) is 2.30. The molecule has 0 saturated carbocycles. The Labute approximate surface area is 120 Å². The van der Waals surface area contributed by atoms with Crippen molar-refractivity contribution >= 4 is 5.78 Å². The normalized spacial score (nSPS) is 11.4. The molecule has 3 heterocycles. The van der Waals surface area contributed by atoms with Crippen molar-refractivity contribution in [2.24, 2.45) is 0 Å². The molecule has 21 heavy (non-hydrogen) atoms. The third-order valence-electron chi connectivity index (χ3n) is 3.33. The van der Waals surface area contributed by atoms with Crippen LogP contribution < -0.4 is 5.56 Å². The highest BCUT2D eigenvalue weighted by Crippen LogP contribution is 2.24. The van der Waals surface area contributed by atoms with Crippen LogP contribution in [0.1, 0.15) is 31.0 Å². The molecule has 0 unspecified atom stereocenters. The second-order valence-corrected chi connectivity index (χ2v) is 5.07. The summed E-state index contributed by atoms with van der Waals surface area (Å²) >= 11 is 0. The van der Waals surface area contributed by atoms with E-state index in [1.165, 1.54) is 10.8 Å². The summed E-state index contributed by atoms with van der Waals surface area (Å²) in [6.07, 6.45) is 2.98. The van der Waals surface area contributed by atoms with E-state index in [9.17, 15) is 4.79 Å². The van der Waals surface area contributed by atoms with Crippen molar-refractivity contribution in [3.63, 3.8) is 0 Å². The monoisotopic (exact) mass is 285 g/mol. The van der Waals surface area contributed by atoms with Gasteiger partial charge in [0.15, 0.2) is 0 Å². The van der Waals surface area contributed by atoms with E-state index in [2.05, 4.69) is 20.1 Å². The van der Waals surface area contributed by atoms with Crippen molar-refractivity contribution in [2.75, 3.05) is 0 Å². The number of aromatic amines is 1. The van der Waals surface area contributed by atoms with Crippen LogP contribution in [0.2, 0.25) is 0 Å². The zero-order chi connectivity index (χ0) is 15.0. The maximum Gasteiger partial charge on any atom is 0.279 e. The van der Waals surface area contributed by atoms with Crippen LogP contribution in [0, 0.1) is 0 Å². The van der Waals surface area contributed by atoms with Crippen molar-refractivity contribution in [3.05, 3.63) is 46.3 Å². The quantitative estimate of drug-likeness (QED) is 0.751. The molecule has 0 aromatic carbocycles. The molecular formula is C14H15N5O2. The zero-order valence-electron chi connectivity index (χ0n) is 11.7. The predicted octanol–water partition coefficient (Wildman–Crippen LogP) is 1.10. The molecule has 3 aromatic heterocycles. The van der Waals surface area contributed by atoms with Crippen molar-refractivity contribution < 1.29 is 5.11 Å². The van der Waals surface area contributed by atoms with Crippen LogP contribution in [-0.2, 0) is 6.61 Å². The van der Waals surface area contributed by atoms with E-state index in [1.807, 2.05) is 19.9 Å². The first-order valence-electron chi connectivity index (χ1n) is 6.64. The van der Waals surface area contributed by atoms with Gasteiger partial charge in [0.25, 0.3) is 5.56 Å². The van der Waals surface area contributed by atoms with E-state index < -0.39 is 0 Å². The van der Waals surface area contributed by atoms with Crippen molar-refractivity contribution in [2.45, 2.75) is 26.4 Å². The smallest absolute Gasteiger partial charge is 0.279 e.